The summed E-state index contributed by atoms with van der Waals surface area (Å²) in [5, 5.41) is 17.4. The molecule has 0 bridgehead atoms. The van der Waals surface area contributed by atoms with E-state index in [1.165, 1.54) is 0 Å². The zero-order chi connectivity index (χ0) is 40.5. The highest BCUT2D eigenvalue weighted by molar-refractivity contribution is 5.91. The standard InChI is InChI=1S/C42H58N8O6/c1-29(43-3)39(53)47-35(41(55)49-23-13-19-33(49)27-45-37(51)25-31-15-7-5-8-16-31)21-11-12-22-36(48-40(54)30(2)44-4)42(56)50-24-14-20-34(50)28-46-38(52)26-32-17-9-6-10-18-32/h5-10,15-18,29-30,33-36,43-44H,13-14,19-28H2,1-4H3,(H,45,51)(H,46,52)(H,47,53)(H,48,54)/t29-,30-,33?,34?,35-,36?/m0/s1. The lowest BCUT2D eigenvalue weighted by molar-refractivity contribution is -0.137. The first-order valence-corrected chi connectivity index (χ1v) is 19.6. The van der Waals surface area contributed by atoms with Crippen molar-refractivity contribution in [3.8, 4) is 11.8 Å². The zero-order valence-electron chi connectivity index (χ0n) is 33.1. The molecule has 0 saturated carbocycles. The largest absolute Gasteiger partial charge is 0.354 e. The molecule has 0 spiro atoms. The van der Waals surface area contributed by atoms with Gasteiger partial charge in [-0.3, -0.25) is 28.8 Å². The number of benzene rings is 2. The normalized spacial score (nSPS) is 18.4. The molecule has 2 aromatic rings. The molecule has 14 nitrogen and oxygen atoms in total. The van der Waals surface area contributed by atoms with E-state index in [4.69, 9.17) is 0 Å². The molecule has 2 aromatic carbocycles. The Labute approximate surface area is 330 Å². The maximum atomic E-state index is 14.0. The second-order valence-electron chi connectivity index (χ2n) is 14.5. The monoisotopic (exact) mass is 770 g/mol. The Hall–Kier alpha value is -5.26. The molecule has 2 aliphatic rings. The fourth-order valence-corrected chi connectivity index (χ4v) is 6.83. The third-order valence-electron chi connectivity index (χ3n) is 10.4. The summed E-state index contributed by atoms with van der Waals surface area (Å²) < 4.78 is 0. The van der Waals surface area contributed by atoms with Gasteiger partial charge in [0.05, 0.1) is 24.9 Å². The third kappa shape index (κ3) is 13.2. The van der Waals surface area contributed by atoms with E-state index in [9.17, 15) is 28.8 Å². The molecule has 14 heteroatoms. The zero-order valence-corrected chi connectivity index (χ0v) is 33.1. The summed E-state index contributed by atoms with van der Waals surface area (Å²) in [7, 11) is 3.30. The van der Waals surface area contributed by atoms with Crippen LogP contribution in [0.25, 0.3) is 0 Å². The summed E-state index contributed by atoms with van der Waals surface area (Å²) in [6.45, 7) is 4.92. The van der Waals surface area contributed by atoms with Gasteiger partial charge in [0.1, 0.15) is 12.1 Å². The molecule has 6 atom stereocenters. The SMILES string of the molecule is CN[C@@H](C)C(=O)NC(CC#CC[C@H](NC(=O)[C@H](C)NC)C(=O)N1CCCC1CNC(=O)Cc1ccccc1)C(=O)N1CCCC1CNC(=O)Cc1ccccc1. The molecule has 56 heavy (non-hydrogen) atoms. The minimum atomic E-state index is -0.970. The first kappa shape index (κ1) is 43.5. The Balaban J connectivity index is 1.42. The Bertz CT molecular complexity index is 1580. The second kappa shape index (κ2) is 22.3. The lowest BCUT2D eigenvalue weighted by Crippen LogP contribution is -2.54. The molecule has 2 aliphatic heterocycles. The minimum Gasteiger partial charge on any atom is -0.354 e. The number of likely N-dealkylation sites (tertiary alicyclic amines) is 2. The van der Waals surface area contributed by atoms with Crippen LogP contribution in [0, 0.1) is 11.8 Å². The third-order valence-corrected chi connectivity index (χ3v) is 10.4. The average Bonchev–Trinajstić information content (AvgIpc) is 3.89. The van der Waals surface area contributed by atoms with Crippen LogP contribution < -0.4 is 31.9 Å². The maximum absolute atomic E-state index is 14.0. The summed E-state index contributed by atoms with van der Waals surface area (Å²) in [4.78, 5) is 82.8. The van der Waals surface area contributed by atoms with Crippen molar-refractivity contribution in [3.05, 3.63) is 71.8 Å². The average molecular weight is 771 g/mol. The predicted molar refractivity (Wildman–Crippen MR) is 214 cm³/mol. The summed E-state index contributed by atoms with van der Waals surface area (Å²) in [6, 6.07) is 15.3. The smallest absolute Gasteiger partial charge is 0.246 e. The van der Waals surface area contributed by atoms with Crippen molar-refractivity contribution in [3.63, 3.8) is 0 Å². The molecular weight excluding hydrogens is 713 g/mol. The van der Waals surface area contributed by atoms with Crippen LogP contribution in [-0.2, 0) is 41.6 Å². The second-order valence-corrected chi connectivity index (χ2v) is 14.5. The number of amides is 6. The quantitative estimate of drug-likeness (QED) is 0.120. The highest BCUT2D eigenvalue weighted by Crippen LogP contribution is 2.20. The first-order chi connectivity index (χ1) is 27.0. The molecule has 6 amide bonds. The first-order valence-electron chi connectivity index (χ1n) is 19.6. The molecule has 2 heterocycles. The van der Waals surface area contributed by atoms with Crippen molar-refractivity contribution in [2.45, 2.75) is 101 Å². The fourth-order valence-electron chi connectivity index (χ4n) is 6.83. The van der Waals surface area contributed by atoms with Gasteiger partial charge in [-0.15, -0.1) is 11.8 Å². The van der Waals surface area contributed by atoms with Crippen LogP contribution in [0.3, 0.4) is 0 Å². The lowest BCUT2D eigenvalue weighted by Gasteiger charge is -2.30. The molecule has 4 rings (SSSR count). The molecule has 6 N–H and O–H groups in total. The number of carbonyl (C=O) groups is 6. The Morgan fingerprint density at radius 2 is 1.00 bits per heavy atom. The highest BCUT2D eigenvalue weighted by atomic mass is 16.2. The van der Waals surface area contributed by atoms with Crippen LogP contribution in [0.1, 0.15) is 63.5 Å². The van der Waals surface area contributed by atoms with Gasteiger partial charge in [0.2, 0.25) is 35.4 Å². The van der Waals surface area contributed by atoms with Crippen molar-refractivity contribution in [1.82, 2.24) is 41.7 Å². The number of likely N-dealkylation sites (N-methyl/N-ethyl adjacent to an activating group) is 2. The van der Waals surface area contributed by atoms with Gasteiger partial charge in [-0.2, -0.15) is 0 Å². The number of rotatable bonds is 18. The topological polar surface area (TPSA) is 181 Å². The van der Waals surface area contributed by atoms with E-state index >= 15 is 0 Å². The number of nitrogens with zero attached hydrogens (tertiary/aromatic N) is 2. The van der Waals surface area contributed by atoms with Gasteiger partial charge in [0.15, 0.2) is 0 Å². The molecule has 302 valence electrons. The van der Waals surface area contributed by atoms with E-state index in [0.29, 0.717) is 39.0 Å². The molecule has 2 saturated heterocycles. The van der Waals surface area contributed by atoms with Crippen molar-refractivity contribution >= 4 is 35.4 Å². The van der Waals surface area contributed by atoms with E-state index in [-0.39, 0.29) is 73.2 Å². The van der Waals surface area contributed by atoms with E-state index in [1.807, 2.05) is 60.7 Å². The van der Waals surface area contributed by atoms with Gasteiger partial charge in [0.25, 0.3) is 0 Å². The van der Waals surface area contributed by atoms with Gasteiger partial charge < -0.3 is 41.7 Å². The summed E-state index contributed by atoms with van der Waals surface area (Å²) in [5.41, 5.74) is 1.79. The lowest BCUT2D eigenvalue weighted by atomic mass is 10.1. The molecule has 0 aromatic heterocycles. The van der Waals surface area contributed by atoms with Gasteiger partial charge in [0, 0.05) is 51.1 Å². The minimum absolute atomic E-state index is 0.0217. The maximum Gasteiger partial charge on any atom is 0.246 e. The highest BCUT2D eigenvalue weighted by Gasteiger charge is 2.36. The number of carbonyl (C=O) groups excluding carboxylic acids is 6. The van der Waals surface area contributed by atoms with Crippen LogP contribution in [0.4, 0.5) is 0 Å². The molecule has 2 fully saturated rings. The fraction of sp³-hybridized carbons (Fsp3) is 0.524. The van der Waals surface area contributed by atoms with Crippen LogP contribution in [0.2, 0.25) is 0 Å². The Kier molecular flexibility index (Phi) is 17.3. The number of hydrogen-bond acceptors (Lipinski definition) is 8. The Morgan fingerprint density at radius 3 is 1.36 bits per heavy atom. The van der Waals surface area contributed by atoms with Crippen molar-refractivity contribution < 1.29 is 28.8 Å². The predicted octanol–water partition coefficient (Wildman–Crippen LogP) is 0.655. The molecule has 0 aliphatic carbocycles. The molecule has 0 radical (unpaired) electrons. The van der Waals surface area contributed by atoms with E-state index in [2.05, 4.69) is 43.7 Å². The van der Waals surface area contributed by atoms with E-state index < -0.39 is 24.2 Å². The summed E-state index contributed by atoms with van der Waals surface area (Å²) in [6.07, 6.45) is 3.36. The van der Waals surface area contributed by atoms with Gasteiger partial charge in [-0.05, 0) is 64.8 Å². The molecular formula is C42H58N8O6. The van der Waals surface area contributed by atoms with Crippen molar-refractivity contribution in [1.29, 1.82) is 0 Å². The van der Waals surface area contributed by atoms with Crippen molar-refractivity contribution in [2.75, 3.05) is 40.3 Å². The summed E-state index contributed by atoms with van der Waals surface area (Å²) in [5.74, 6) is 4.43. The van der Waals surface area contributed by atoms with Gasteiger partial charge in [-0.1, -0.05) is 60.7 Å². The van der Waals surface area contributed by atoms with Crippen molar-refractivity contribution in [2.24, 2.45) is 0 Å². The van der Waals surface area contributed by atoms with Gasteiger partial charge in [-0.25, -0.2) is 0 Å². The van der Waals surface area contributed by atoms with E-state index in [0.717, 1.165) is 24.0 Å². The van der Waals surface area contributed by atoms with Gasteiger partial charge >= 0.3 is 0 Å². The molecule has 3 unspecified atom stereocenters. The van der Waals surface area contributed by atoms with E-state index in [1.54, 1.807) is 37.7 Å². The Morgan fingerprint density at radius 1 is 0.625 bits per heavy atom. The number of hydrogen-bond donors (Lipinski definition) is 6. The van der Waals surface area contributed by atoms with Crippen LogP contribution in [0.5, 0.6) is 0 Å². The van der Waals surface area contributed by atoms with Crippen LogP contribution >= 0.6 is 0 Å². The van der Waals surface area contributed by atoms with Crippen LogP contribution in [-0.4, -0.2) is 122 Å². The number of nitrogens with one attached hydrogen (secondary N) is 6. The summed E-state index contributed by atoms with van der Waals surface area (Å²) >= 11 is 0. The van der Waals surface area contributed by atoms with Crippen LogP contribution in [0.15, 0.2) is 60.7 Å².